The highest BCUT2D eigenvalue weighted by Crippen LogP contribution is 2.26. The van der Waals surface area contributed by atoms with Gasteiger partial charge in [-0.05, 0) is 25.1 Å². The van der Waals surface area contributed by atoms with Crippen LogP contribution < -0.4 is 15.6 Å². The fourth-order valence-corrected chi connectivity index (χ4v) is 2.14. The Morgan fingerprint density at radius 1 is 1.20 bits per heavy atom. The predicted octanol–water partition coefficient (Wildman–Crippen LogP) is 0.598. The third-order valence-electron chi connectivity index (χ3n) is 3.28. The lowest BCUT2D eigenvalue weighted by Gasteiger charge is -2.10. The van der Waals surface area contributed by atoms with Gasteiger partial charge in [0.1, 0.15) is 18.8 Å². The third kappa shape index (κ3) is 4.90. The van der Waals surface area contributed by atoms with Crippen molar-refractivity contribution in [3.63, 3.8) is 0 Å². The van der Waals surface area contributed by atoms with Crippen molar-refractivity contribution in [3.8, 4) is 17.0 Å². The Hall–Kier alpha value is -3.16. The van der Waals surface area contributed by atoms with E-state index in [1.54, 1.807) is 25.1 Å². The molecule has 0 aliphatic rings. The van der Waals surface area contributed by atoms with Gasteiger partial charge in [0.2, 0.25) is 5.91 Å². The Balaban J connectivity index is 2.15. The second kappa shape index (κ2) is 8.62. The van der Waals surface area contributed by atoms with Crippen molar-refractivity contribution in [1.82, 2.24) is 15.1 Å². The molecule has 1 aromatic carbocycles. The Morgan fingerprint density at radius 2 is 1.96 bits per heavy atom. The zero-order valence-electron chi connectivity index (χ0n) is 14.0. The number of hydrogen-bond acceptors (Lipinski definition) is 6. The van der Waals surface area contributed by atoms with E-state index < -0.39 is 17.4 Å². The minimum absolute atomic E-state index is 0.233. The summed E-state index contributed by atoms with van der Waals surface area (Å²) in [5.74, 6) is -0.453. The van der Waals surface area contributed by atoms with Gasteiger partial charge in [-0.2, -0.15) is 5.10 Å². The summed E-state index contributed by atoms with van der Waals surface area (Å²) in [5, 5.41) is 6.59. The van der Waals surface area contributed by atoms with E-state index in [0.717, 1.165) is 4.68 Å². The number of carbonyl (C=O) groups is 2. The summed E-state index contributed by atoms with van der Waals surface area (Å²) >= 11 is 0. The number of ether oxygens (including phenoxy) is 2. The molecule has 0 spiro atoms. The van der Waals surface area contributed by atoms with Gasteiger partial charge in [0, 0.05) is 11.6 Å². The molecule has 25 heavy (non-hydrogen) atoms. The van der Waals surface area contributed by atoms with E-state index in [-0.39, 0.29) is 19.7 Å². The first kappa shape index (κ1) is 18.2. The number of carbonyl (C=O) groups excluding carboxylic acids is 2. The fraction of sp³-hybridized carbons (Fsp3) is 0.294. The van der Waals surface area contributed by atoms with Crippen molar-refractivity contribution in [2.24, 2.45) is 0 Å². The van der Waals surface area contributed by atoms with E-state index in [2.05, 4.69) is 10.4 Å². The van der Waals surface area contributed by atoms with E-state index in [1.807, 2.05) is 12.1 Å². The molecule has 1 heterocycles. The summed E-state index contributed by atoms with van der Waals surface area (Å²) in [5.41, 5.74) is 0.769. The van der Waals surface area contributed by atoms with Crippen molar-refractivity contribution < 1.29 is 19.1 Å². The van der Waals surface area contributed by atoms with Crippen LogP contribution in [0.3, 0.4) is 0 Å². The van der Waals surface area contributed by atoms with Gasteiger partial charge in [-0.25, -0.2) is 4.68 Å². The highest BCUT2D eigenvalue weighted by atomic mass is 16.5. The minimum Gasteiger partial charge on any atom is -0.496 e. The zero-order chi connectivity index (χ0) is 18.2. The van der Waals surface area contributed by atoms with Crippen molar-refractivity contribution >= 4 is 11.9 Å². The number of methoxy groups -OCH3 is 1. The molecule has 1 aromatic heterocycles. The van der Waals surface area contributed by atoms with Gasteiger partial charge in [-0.3, -0.25) is 14.4 Å². The quantitative estimate of drug-likeness (QED) is 0.738. The molecule has 2 rings (SSSR count). The molecule has 0 unspecified atom stereocenters. The van der Waals surface area contributed by atoms with Crippen molar-refractivity contribution in [1.29, 1.82) is 0 Å². The fourth-order valence-electron chi connectivity index (χ4n) is 2.14. The number of esters is 1. The molecule has 0 bridgehead atoms. The summed E-state index contributed by atoms with van der Waals surface area (Å²) in [6.45, 7) is 1.35. The minimum atomic E-state index is -0.543. The average Bonchev–Trinajstić information content (AvgIpc) is 2.62. The molecule has 0 atom stereocenters. The van der Waals surface area contributed by atoms with Gasteiger partial charge < -0.3 is 14.8 Å². The molecule has 8 nitrogen and oxygen atoms in total. The summed E-state index contributed by atoms with van der Waals surface area (Å²) in [6.07, 6.45) is 0. The van der Waals surface area contributed by atoms with E-state index in [4.69, 9.17) is 9.47 Å². The number of hydrogen-bond donors (Lipinski definition) is 1. The maximum Gasteiger partial charge on any atom is 0.325 e. The normalized spacial score (nSPS) is 10.2. The van der Waals surface area contributed by atoms with Crippen LogP contribution in [-0.2, 0) is 20.9 Å². The van der Waals surface area contributed by atoms with Crippen LogP contribution in [0.15, 0.2) is 41.2 Å². The van der Waals surface area contributed by atoms with Crippen LogP contribution in [0, 0.1) is 0 Å². The average molecular weight is 345 g/mol. The van der Waals surface area contributed by atoms with Crippen LogP contribution in [-0.4, -0.2) is 41.9 Å². The molecule has 1 N–H and O–H groups in total. The second-order valence-corrected chi connectivity index (χ2v) is 5.00. The molecule has 132 valence electrons. The van der Waals surface area contributed by atoms with E-state index >= 15 is 0 Å². The van der Waals surface area contributed by atoms with Crippen molar-refractivity contribution in [2.75, 3.05) is 20.3 Å². The smallest absolute Gasteiger partial charge is 0.325 e. The molecule has 0 fully saturated rings. The van der Waals surface area contributed by atoms with Crippen molar-refractivity contribution in [2.45, 2.75) is 13.5 Å². The molecule has 8 heteroatoms. The summed E-state index contributed by atoms with van der Waals surface area (Å²) < 4.78 is 11.0. The molecule has 0 saturated carbocycles. The van der Waals surface area contributed by atoms with Gasteiger partial charge in [-0.1, -0.05) is 12.1 Å². The summed E-state index contributed by atoms with van der Waals surface area (Å²) in [6, 6.07) is 10.1. The summed E-state index contributed by atoms with van der Waals surface area (Å²) in [7, 11) is 1.54. The summed E-state index contributed by atoms with van der Waals surface area (Å²) in [4.78, 5) is 35.1. The first-order chi connectivity index (χ1) is 12.0. The van der Waals surface area contributed by atoms with Crippen LogP contribution in [0.5, 0.6) is 5.75 Å². The topological polar surface area (TPSA) is 99.5 Å². The maximum absolute atomic E-state index is 11.9. The number of para-hydroxylation sites is 1. The van der Waals surface area contributed by atoms with Gasteiger partial charge >= 0.3 is 5.97 Å². The Labute approximate surface area is 144 Å². The number of nitrogens with zero attached hydrogens (tertiary/aromatic N) is 2. The Morgan fingerprint density at radius 3 is 2.68 bits per heavy atom. The standard InChI is InChI=1S/C17H19N3O5/c1-3-25-17(23)10-18-15(21)11-20-16(22)9-8-13(19-20)12-6-4-5-7-14(12)24-2/h4-9H,3,10-11H2,1-2H3,(H,18,21). The van der Waals surface area contributed by atoms with Crippen LogP contribution >= 0.6 is 0 Å². The molecule has 0 aliphatic carbocycles. The highest BCUT2D eigenvalue weighted by molar-refractivity contribution is 5.81. The zero-order valence-corrected chi connectivity index (χ0v) is 14.0. The maximum atomic E-state index is 11.9. The van der Waals surface area contributed by atoms with E-state index in [0.29, 0.717) is 17.0 Å². The lowest BCUT2D eigenvalue weighted by molar-refractivity contribution is -0.143. The lowest BCUT2D eigenvalue weighted by Crippen LogP contribution is -2.36. The number of aromatic nitrogens is 2. The van der Waals surface area contributed by atoms with Gasteiger partial charge in [0.25, 0.3) is 5.56 Å². The van der Waals surface area contributed by atoms with E-state index in [9.17, 15) is 14.4 Å². The van der Waals surface area contributed by atoms with Crippen LogP contribution in [0.4, 0.5) is 0 Å². The van der Waals surface area contributed by atoms with Crippen LogP contribution in [0.1, 0.15) is 6.92 Å². The largest absolute Gasteiger partial charge is 0.496 e. The van der Waals surface area contributed by atoms with Gasteiger partial charge in [0.15, 0.2) is 0 Å². The molecule has 0 radical (unpaired) electrons. The molecular formula is C17H19N3O5. The SMILES string of the molecule is CCOC(=O)CNC(=O)Cn1nc(-c2ccccc2OC)ccc1=O. The number of rotatable bonds is 7. The predicted molar refractivity (Wildman–Crippen MR) is 90.1 cm³/mol. The lowest BCUT2D eigenvalue weighted by atomic mass is 10.1. The van der Waals surface area contributed by atoms with E-state index in [1.165, 1.54) is 13.2 Å². The third-order valence-corrected chi connectivity index (χ3v) is 3.28. The van der Waals surface area contributed by atoms with Crippen LogP contribution in [0.25, 0.3) is 11.3 Å². The van der Waals surface area contributed by atoms with Gasteiger partial charge in [-0.15, -0.1) is 0 Å². The molecule has 2 aromatic rings. The molecule has 0 saturated heterocycles. The Kier molecular flexibility index (Phi) is 6.27. The Bertz CT molecular complexity index is 816. The first-order valence-electron chi connectivity index (χ1n) is 7.69. The van der Waals surface area contributed by atoms with Gasteiger partial charge in [0.05, 0.1) is 19.4 Å². The van der Waals surface area contributed by atoms with Crippen LogP contribution in [0.2, 0.25) is 0 Å². The monoisotopic (exact) mass is 345 g/mol. The number of nitrogens with one attached hydrogen (secondary N) is 1. The van der Waals surface area contributed by atoms with Crippen molar-refractivity contribution in [3.05, 3.63) is 46.8 Å². The first-order valence-corrected chi connectivity index (χ1v) is 7.69. The molecule has 0 aliphatic heterocycles. The number of amides is 1. The second-order valence-electron chi connectivity index (χ2n) is 5.00. The molecular weight excluding hydrogens is 326 g/mol. The highest BCUT2D eigenvalue weighted by Gasteiger charge is 2.11. The number of benzene rings is 1. The molecule has 1 amide bonds.